The summed E-state index contributed by atoms with van der Waals surface area (Å²) in [7, 11) is 0. The van der Waals surface area contributed by atoms with Gasteiger partial charge in [-0.25, -0.2) is 0 Å². The largest absolute Gasteiger partial charge is 0.394 e. The van der Waals surface area contributed by atoms with Crippen LogP contribution in [0.3, 0.4) is 0 Å². The van der Waals surface area contributed by atoms with Crippen LogP contribution in [-0.2, 0) is 0 Å². The lowest BCUT2D eigenvalue weighted by Crippen LogP contribution is -2.53. The van der Waals surface area contributed by atoms with Crippen molar-refractivity contribution in [1.82, 2.24) is 10.3 Å². The van der Waals surface area contributed by atoms with Crippen molar-refractivity contribution in [3.8, 4) is 0 Å². The Balaban J connectivity index is 2.84. The third kappa shape index (κ3) is 3.13. The standard InChI is InChI=1S/C10H14Cl2N2O3/c1-2-10(4-15,5-16)14-9(17)7-3-6(11)8(12)13-7/h3,13,15-16H,2,4-5H2,1H3,(H,14,17). The Kier molecular flexibility index (Phi) is 4.82. The lowest BCUT2D eigenvalue weighted by atomic mass is 9.98. The average molecular weight is 281 g/mol. The zero-order valence-electron chi connectivity index (χ0n) is 9.26. The van der Waals surface area contributed by atoms with Crippen LogP contribution in [0.2, 0.25) is 10.2 Å². The summed E-state index contributed by atoms with van der Waals surface area (Å²) in [5.41, 5.74) is -0.860. The van der Waals surface area contributed by atoms with E-state index in [4.69, 9.17) is 23.2 Å². The molecule has 0 aliphatic rings. The molecule has 1 rings (SSSR count). The molecule has 96 valence electrons. The van der Waals surface area contributed by atoms with Crippen molar-refractivity contribution in [1.29, 1.82) is 0 Å². The SMILES string of the molecule is CCC(CO)(CO)NC(=O)c1cc(Cl)c(Cl)[nH]1. The highest BCUT2D eigenvalue weighted by molar-refractivity contribution is 6.41. The Morgan fingerprint density at radius 3 is 2.41 bits per heavy atom. The molecule has 17 heavy (non-hydrogen) atoms. The molecule has 1 aromatic heterocycles. The number of aromatic amines is 1. The summed E-state index contributed by atoms with van der Waals surface area (Å²) in [5, 5.41) is 21.4. The Bertz CT molecular complexity index is 374. The van der Waals surface area contributed by atoms with Gasteiger partial charge >= 0.3 is 0 Å². The fourth-order valence-electron chi connectivity index (χ4n) is 1.28. The Morgan fingerprint density at radius 1 is 1.47 bits per heavy atom. The van der Waals surface area contributed by atoms with E-state index in [1.165, 1.54) is 6.07 Å². The first-order valence-electron chi connectivity index (χ1n) is 5.06. The number of carbonyl (C=O) groups is 1. The number of amides is 1. The van der Waals surface area contributed by atoms with Gasteiger partial charge in [0, 0.05) is 0 Å². The molecule has 0 radical (unpaired) electrons. The summed E-state index contributed by atoms with van der Waals surface area (Å²) >= 11 is 11.4. The van der Waals surface area contributed by atoms with Crippen molar-refractivity contribution >= 4 is 29.1 Å². The summed E-state index contributed by atoms with van der Waals surface area (Å²) < 4.78 is 0. The van der Waals surface area contributed by atoms with Gasteiger partial charge in [-0.2, -0.15) is 0 Å². The minimum absolute atomic E-state index is 0.173. The highest BCUT2D eigenvalue weighted by Crippen LogP contribution is 2.22. The number of carbonyl (C=O) groups excluding carboxylic acids is 1. The van der Waals surface area contributed by atoms with Crippen LogP contribution in [0, 0.1) is 0 Å². The van der Waals surface area contributed by atoms with Crippen LogP contribution in [-0.4, -0.2) is 39.9 Å². The van der Waals surface area contributed by atoms with Crippen molar-refractivity contribution in [2.24, 2.45) is 0 Å². The smallest absolute Gasteiger partial charge is 0.268 e. The number of aliphatic hydroxyl groups is 2. The van der Waals surface area contributed by atoms with Gasteiger partial charge in [-0.05, 0) is 12.5 Å². The van der Waals surface area contributed by atoms with Crippen LogP contribution in [0.1, 0.15) is 23.8 Å². The molecule has 5 nitrogen and oxygen atoms in total. The average Bonchev–Trinajstić information content (AvgIpc) is 2.67. The van der Waals surface area contributed by atoms with E-state index in [1.807, 2.05) is 0 Å². The summed E-state index contributed by atoms with van der Waals surface area (Å²) in [6.07, 6.45) is 0.397. The van der Waals surface area contributed by atoms with Crippen LogP contribution >= 0.6 is 23.2 Å². The number of hydrogen-bond acceptors (Lipinski definition) is 3. The van der Waals surface area contributed by atoms with E-state index < -0.39 is 11.4 Å². The minimum Gasteiger partial charge on any atom is -0.394 e. The number of H-pyrrole nitrogens is 1. The van der Waals surface area contributed by atoms with Gasteiger partial charge in [-0.1, -0.05) is 30.1 Å². The summed E-state index contributed by atoms with van der Waals surface area (Å²) in [5.74, 6) is -0.483. The van der Waals surface area contributed by atoms with Crippen molar-refractivity contribution in [3.63, 3.8) is 0 Å². The van der Waals surface area contributed by atoms with Crippen LogP contribution in [0.15, 0.2) is 6.07 Å². The second-order valence-electron chi connectivity index (χ2n) is 3.75. The Hall–Kier alpha value is -0.750. The molecular formula is C10H14Cl2N2O3. The van der Waals surface area contributed by atoms with Crippen molar-refractivity contribution in [2.45, 2.75) is 18.9 Å². The van der Waals surface area contributed by atoms with E-state index >= 15 is 0 Å². The second-order valence-corrected chi connectivity index (χ2v) is 4.53. The van der Waals surface area contributed by atoms with Crippen molar-refractivity contribution in [3.05, 3.63) is 21.9 Å². The van der Waals surface area contributed by atoms with Gasteiger partial charge in [0.2, 0.25) is 0 Å². The van der Waals surface area contributed by atoms with Gasteiger partial charge in [0.25, 0.3) is 5.91 Å². The normalized spacial score (nSPS) is 11.6. The van der Waals surface area contributed by atoms with Crippen LogP contribution < -0.4 is 5.32 Å². The second kappa shape index (κ2) is 5.73. The number of rotatable bonds is 5. The van der Waals surface area contributed by atoms with Gasteiger partial charge in [0.1, 0.15) is 10.8 Å². The molecule has 0 aliphatic carbocycles. The molecule has 0 aromatic carbocycles. The maximum Gasteiger partial charge on any atom is 0.268 e. The first-order valence-corrected chi connectivity index (χ1v) is 5.82. The predicted molar refractivity (Wildman–Crippen MR) is 65.5 cm³/mol. The molecule has 0 spiro atoms. The topological polar surface area (TPSA) is 85.3 Å². The van der Waals surface area contributed by atoms with E-state index in [0.29, 0.717) is 6.42 Å². The predicted octanol–water partition coefficient (Wildman–Crippen LogP) is 1.18. The molecule has 4 N–H and O–H groups in total. The molecular weight excluding hydrogens is 267 g/mol. The maximum atomic E-state index is 11.8. The molecule has 1 amide bonds. The molecule has 0 aliphatic heterocycles. The van der Waals surface area contributed by atoms with E-state index in [9.17, 15) is 15.0 Å². The number of nitrogens with one attached hydrogen (secondary N) is 2. The summed E-state index contributed by atoms with van der Waals surface area (Å²) in [6, 6.07) is 1.38. The van der Waals surface area contributed by atoms with Gasteiger partial charge < -0.3 is 20.5 Å². The number of hydrogen-bond donors (Lipinski definition) is 4. The third-order valence-electron chi connectivity index (χ3n) is 2.63. The highest BCUT2D eigenvalue weighted by atomic mass is 35.5. The quantitative estimate of drug-likeness (QED) is 0.654. The Labute approximate surface area is 109 Å². The van der Waals surface area contributed by atoms with Gasteiger partial charge in [0.05, 0.1) is 23.8 Å². The third-order valence-corrected chi connectivity index (χ3v) is 3.32. The van der Waals surface area contributed by atoms with E-state index in [2.05, 4.69) is 10.3 Å². The molecule has 0 saturated heterocycles. The Morgan fingerprint density at radius 2 is 2.06 bits per heavy atom. The number of halogens is 2. The summed E-state index contributed by atoms with van der Waals surface area (Å²) in [6.45, 7) is 1.04. The molecule has 1 aromatic rings. The number of aliphatic hydroxyl groups excluding tert-OH is 2. The molecule has 0 saturated carbocycles. The highest BCUT2D eigenvalue weighted by Gasteiger charge is 2.29. The van der Waals surface area contributed by atoms with Gasteiger partial charge in [-0.3, -0.25) is 4.79 Å². The molecule has 0 unspecified atom stereocenters. The van der Waals surface area contributed by atoms with Crippen molar-refractivity contribution in [2.75, 3.05) is 13.2 Å². The fraction of sp³-hybridized carbons (Fsp3) is 0.500. The molecule has 0 atom stereocenters. The monoisotopic (exact) mass is 280 g/mol. The number of aromatic nitrogens is 1. The maximum absolute atomic E-state index is 11.8. The lowest BCUT2D eigenvalue weighted by molar-refractivity contribution is 0.0649. The van der Waals surface area contributed by atoms with Crippen molar-refractivity contribution < 1.29 is 15.0 Å². The first kappa shape index (κ1) is 14.3. The van der Waals surface area contributed by atoms with Crippen LogP contribution in [0.4, 0.5) is 0 Å². The molecule has 0 bridgehead atoms. The minimum atomic E-state index is -1.04. The fourth-order valence-corrected chi connectivity index (χ4v) is 1.59. The molecule has 7 heteroatoms. The first-order chi connectivity index (χ1) is 7.98. The summed E-state index contributed by atoms with van der Waals surface area (Å²) in [4.78, 5) is 14.4. The van der Waals surface area contributed by atoms with Gasteiger partial charge in [0.15, 0.2) is 0 Å². The van der Waals surface area contributed by atoms with Gasteiger partial charge in [-0.15, -0.1) is 0 Å². The molecule has 1 heterocycles. The van der Waals surface area contributed by atoms with E-state index in [1.54, 1.807) is 6.92 Å². The molecule has 0 fully saturated rings. The lowest BCUT2D eigenvalue weighted by Gasteiger charge is -2.29. The van der Waals surface area contributed by atoms with E-state index in [-0.39, 0.29) is 29.1 Å². The zero-order valence-corrected chi connectivity index (χ0v) is 10.8. The van der Waals surface area contributed by atoms with E-state index in [0.717, 1.165) is 0 Å². The van der Waals surface area contributed by atoms with Crippen LogP contribution in [0.25, 0.3) is 0 Å². The zero-order chi connectivity index (χ0) is 13.1. The van der Waals surface area contributed by atoms with Crippen LogP contribution in [0.5, 0.6) is 0 Å².